The third-order valence-corrected chi connectivity index (χ3v) is 6.74. The number of rotatable bonds is 6. The first-order valence-electron chi connectivity index (χ1n) is 11.2. The standard InChI is InChI=1S/C25H29N5O3/c1-16-5-6-18(11-17(16)2)30-15-20(33-25(30)31)14-28(3)19-12-29(13-19)22-9-10-26-21-7-8-23(32-4)27-24(21)22/h5-11,19-20H,12-15H2,1-4H3/t20-/m1/s1. The number of cyclic esters (lactones) is 1. The molecular weight excluding hydrogens is 418 g/mol. The van der Waals surface area contributed by atoms with Gasteiger partial charge in [0.2, 0.25) is 5.88 Å². The molecule has 2 aliphatic rings. The maximum atomic E-state index is 12.5. The summed E-state index contributed by atoms with van der Waals surface area (Å²) in [5, 5.41) is 0. The fraction of sp³-hybridized carbons (Fsp3) is 0.400. The number of amides is 1. The van der Waals surface area contributed by atoms with E-state index in [2.05, 4.69) is 46.7 Å². The SMILES string of the molecule is COc1ccc2nccc(N3CC(N(C)C[C@@H]4CN(c5ccc(C)c(C)c5)C(=O)O4)C3)c2n1. The van der Waals surface area contributed by atoms with E-state index in [1.165, 1.54) is 11.1 Å². The molecule has 8 nitrogen and oxygen atoms in total. The van der Waals surface area contributed by atoms with Crippen LogP contribution < -0.4 is 14.5 Å². The molecule has 8 heteroatoms. The Morgan fingerprint density at radius 3 is 2.70 bits per heavy atom. The summed E-state index contributed by atoms with van der Waals surface area (Å²) in [4.78, 5) is 27.8. The molecule has 0 N–H and O–H groups in total. The van der Waals surface area contributed by atoms with Gasteiger partial charge in [-0.25, -0.2) is 9.78 Å². The van der Waals surface area contributed by atoms with E-state index in [9.17, 15) is 4.79 Å². The van der Waals surface area contributed by atoms with Crippen molar-refractivity contribution in [1.82, 2.24) is 14.9 Å². The first kappa shape index (κ1) is 21.5. The summed E-state index contributed by atoms with van der Waals surface area (Å²) in [7, 11) is 3.72. The van der Waals surface area contributed by atoms with Crippen LogP contribution in [0.4, 0.5) is 16.2 Å². The van der Waals surface area contributed by atoms with E-state index >= 15 is 0 Å². The quantitative estimate of drug-likeness (QED) is 0.574. The highest BCUT2D eigenvalue weighted by Crippen LogP contribution is 2.31. The first-order valence-corrected chi connectivity index (χ1v) is 11.2. The maximum Gasteiger partial charge on any atom is 0.414 e. The van der Waals surface area contributed by atoms with Gasteiger partial charge in [0.25, 0.3) is 0 Å². The van der Waals surface area contributed by atoms with Crippen LogP contribution in [0, 0.1) is 13.8 Å². The van der Waals surface area contributed by atoms with Crippen LogP contribution in [0.2, 0.25) is 0 Å². The Kier molecular flexibility index (Phi) is 5.54. The zero-order valence-corrected chi connectivity index (χ0v) is 19.5. The lowest BCUT2D eigenvalue weighted by Crippen LogP contribution is -2.59. The Morgan fingerprint density at radius 1 is 1.12 bits per heavy atom. The van der Waals surface area contributed by atoms with Gasteiger partial charge in [0.05, 0.1) is 24.9 Å². The van der Waals surface area contributed by atoms with E-state index in [4.69, 9.17) is 9.47 Å². The predicted octanol–water partition coefficient (Wildman–Crippen LogP) is 3.40. The van der Waals surface area contributed by atoms with Gasteiger partial charge >= 0.3 is 6.09 Å². The van der Waals surface area contributed by atoms with E-state index < -0.39 is 0 Å². The van der Waals surface area contributed by atoms with Gasteiger partial charge in [0.15, 0.2) is 0 Å². The summed E-state index contributed by atoms with van der Waals surface area (Å²) in [6.07, 6.45) is 1.41. The molecule has 4 heterocycles. The van der Waals surface area contributed by atoms with Crippen molar-refractivity contribution in [3.63, 3.8) is 0 Å². The molecule has 2 saturated heterocycles. The Labute approximate surface area is 193 Å². The highest BCUT2D eigenvalue weighted by atomic mass is 16.6. The van der Waals surface area contributed by atoms with Gasteiger partial charge in [0, 0.05) is 43.6 Å². The smallest absolute Gasteiger partial charge is 0.414 e. The molecule has 3 aromatic rings. The molecule has 2 aromatic heterocycles. The molecule has 0 spiro atoms. The van der Waals surface area contributed by atoms with Crippen molar-refractivity contribution in [1.29, 1.82) is 0 Å². The normalized spacial score (nSPS) is 18.7. The number of benzene rings is 1. The largest absolute Gasteiger partial charge is 0.481 e. The number of pyridine rings is 2. The van der Waals surface area contributed by atoms with Crippen molar-refractivity contribution >= 4 is 28.5 Å². The third-order valence-electron chi connectivity index (χ3n) is 6.74. The number of hydrogen-bond donors (Lipinski definition) is 0. The maximum absolute atomic E-state index is 12.5. The molecule has 0 unspecified atom stereocenters. The van der Waals surface area contributed by atoms with E-state index in [0.717, 1.165) is 35.5 Å². The van der Waals surface area contributed by atoms with Crippen LogP contribution >= 0.6 is 0 Å². The van der Waals surface area contributed by atoms with Crippen LogP contribution in [0.25, 0.3) is 11.0 Å². The van der Waals surface area contributed by atoms with E-state index in [1.807, 2.05) is 36.5 Å². The zero-order valence-electron chi connectivity index (χ0n) is 19.5. The molecular formula is C25H29N5O3. The van der Waals surface area contributed by atoms with E-state index in [-0.39, 0.29) is 12.2 Å². The minimum Gasteiger partial charge on any atom is -0.481 e. The molecule has 2 fully saturated rings. The third kappa shape index (κ3) is 4.06. The monoisotopic (exact) mass is 447 g/mol. The number of ether oxygens (including phenoxy) is 2. The number of aromatic nitrogens is 2. The van der Waals surface area contributed by atoms with Crippen LogP contribution in [0.3, 0.4) is 0 Å². The van der Waals surface area contributed by atoms with Gasteiger partial charge in [-0.05, 0) is 56.3 Å². The molecule has 0 saturated carbocycles. The Bertz CT molecular complexity index is 1190. The number of anilines is 2. The van der Waals surface area contributed by atoms with E-state index in [0.29, 0.717) is 25.0 Å². The number of likely N-dealkylation sites (N-methyl/N-ethyl adjacent to an activating group) is 1. The molecule has 1 atom stereocenters. The number of methoxy groups -OCH3 is 1. The van der Waals surface area contributed by atoms with Crippen molar-refractivity contribution in [2.24, 2.45) is 0 Å². The number of carbonyl (C=O) groups excluding carboxylic acids is 1. The number of aryl methyl sites for hydroxylation is 2. The molecule has 2 aliphatic heterocycles. The van der Waals surface area contributed by atoms with Gasteiger partial charge < -0.3 is 14.4 Å². The van der Waals surface area contributed by atoms with Gasteiger partial charge in [-0.1, -0.05) is 6.07 Å². The highest BCUT2D eigenvalue weighted by Gasteiger charge is 2.37. The molecule has 1 aromatic carbocycles. The summed E-state index contributed by atoms with van der Waals surface area (Å²) in [6, 6.07) is 12.2. The number of hydrogen-bond acceptors (Lipinski definition) is 7. The summed E-state index contributed by atoms with van der Waals surface area (Å²) in [6.45, 7) is 7.18. The van der Waals surface area contributed by atoms with Crippen LogP contribution in [-0.4, -0.2) is 73.4 Å². The summed E-state index contributed by atoms with van der Waals surface area (Å²) in [5.41, 5.74) is 6.06. The van der Waals surface area contributed by atoms with E-state index in [1.54, 1.807) is 12.0 Å². The second-order valence-electron chi connectivity index (χ2n) is 8.93. The predicted molar refractivity (Wildman–Crippen MR) is 128 cm³/mol. The minimum atomic E-state index is -0.268. The Morgan fingerprint density at radius 2 is 1.94 bits per heavy atom. The molecule has 0 aliphatic carbocycles. The second-order valence-corrected chi connectivity index (χ2v) is 8.93. The van der Waals surface area contributed by atoms with Crippen LogP contribution in [-0.2, 0) is 4.74 Å². The molecule has 1 amide bonds. The van der Waals surface area contributed by atoms with Crippen molar-refractivity contribution in [3.8, 4) is 5.88 Å². The van der Waals surface area contributed by atoms with Crippen molar-refractivity contribution in [2.45, 2.75) is 26.0 Å². The lowest BCUT2D eigenvalue weighted by atomic mass is 10.1. The number of fused-ring (bicyclic) bond motifs is 1. The average molecular weight is 448 g/mol. The Balaban J connectivity index is 1.21. The van der Waals surface area contributed by atoms with Crippen LogP contribution in [0.5, 0.6) is 5.88 Å². The lowest BCUT2D eigenvalue weighted by Gasteiger charge is -2.45. The minimum absolute atomic E-state index is 0.147. The van der Waals surface area contributed by atoms with Crippen molar-refractivity contribution in [2.75, 3.05) is 50.1 Å². The summed E-state index contributed by atoms with van der Waals surface area (Å²) in [5.74, 6) is 0.585. The molecule has 33 heavy (non-hydrogen) atoms. The Hall–Kier alpha value is -3.39. The zero-order chi connectivity index (χ0) is 23.1. The second kappa shape index (κ2) is 8.51. The fourth-order valence-electron chi connectivity index (χ4n) is 4.48. The number of nitrogens with zero attached hydrogens (tertiary/aromatic N) is 5. The average Bonchev–Trinajstić information content (AvgIpc) is 3.14. The van der Waals surface area contributed by atoms with Gasteiger partial charge in [-0.15, -0.1) is 0 Å². The lowest BCUT2D eigenvalue weighted by molar-refractivity contribution is 0.0957. The molecule has 5 rings (SSSR count). The van der Waals surface area contributed by atoms with Gasteiger partial charge in [0.1, 0.15) is 11.6 Å². The summed E-state index contributed by atoms with van der Waals surface area (Å²) < 4.78 is 11.0. The van der Waals surface area contributed by atoms with Crippen molar-refractivity contribution in [3.05, 3.63) is 53.7 Å². The molecule has 0 radical (unpaired) electrons. The molecule has 0 bridgehead atoms. The van der Waals surface area contributed by atoms with Gasteiger partial charge in [-0.3, -0.25) is 14.8 Å². The van der Waals surface area contributed by atoms with Crippen LogP contribution in [0.15, 0.2) is 42.6 Å². The summed E-state index contributed by atoms with van der Waals surface area (Å²) >= 11 is 0. The van der Waals surface area contributed by atoms with Crippen molar-refractivity contribution < 1.29 is 14.3 Å². The number of carbonyl (C=O) groups is 1. The highest BCUT2D eigenvalue weighted by molar-refractivity contribution is 5.90. The first-order chi connectivity index (χ1) is 15.9. The molecule has 172 valence electrons. The van der Waals surface area contributed by atoms with Crippen LogP contribution in [0.1, 0.15) is 11.1 Å². The topological polar surface area (TPSA) is 71.0 Å². The fourth-order valence-corrected chi connectivity index (χ4v) is 4.48. The van der Waals surface area contributed by atoms with Gasteiger partial charge in [-0.2, -0.15) is 0 Å².